The average Bonchev–Trinajstić information content (AvgIpc) is 3.07. The Bertz CT molecular complexity index is 1540. The van der Waals surface area contributed by atoms with Crippen LogP contribution in [0.2, 0.25) is 5.02 Å². The number of H-pyrrole nitrogens is 1. The minimum absolute atomic E-state index is 0.0190. The van der Waals surface area contributed by atoms with Gasteiger partial charge in [0.1, 0.15) is 4.90 Å². The van der Waals surface area contributed by atoms with E-state index in [0.717, 1.165) is 6.07 Å². The van der Waals surface area contributed by atoms with Gasteiger partial charge >= 0.3 is 0 Å². The van der Waals surface area contributed by atoms with E-state index in [-0.39, 0.29) is 26.0 Å². The van der Waals surface area contributed by atoms with Crippen LogP contribution >= 0.6 is 23.8 Å². The van der Waals surface area contributed by atoms with Crippen molar-refractivity contribution in [1.82, 2.24) is 9.66 Å². The highest BCUT2D eigenvalue weighted by Gasteiger charge is 2.18. The van der Waals surface area contributed by atoms with E-state index in [4.69, 9.17) is 29.0 Å². The molecule has 0 radical (unpaired) electrons. The first kappa shape index (κ1) is 21.9. The van der Waals surface area contributed by atoms with E-state index in [1.165, 1.54) is 16.8 Å². The zero-order chi connectivity index (χ0) is 23.0. The highest BCUT2D eigenvalue weighted by Crippen LogP contribution is 2.22. The van der Waals surface area contributed by atoms with Crippen molar-refractivity contribution in [3.8, 4) is 0 Å². The molecule has 11 heteroatoms. The number of primary sulfonamides is 1. The predicted octanol–water partition coefficient (Wildman–Crippen LogP) is 3.61. The van der Waals surface area contributed by atoms with E-state index < -0.39 is 15.9 Å². The maximum absolute atomic E-state index is 12.7. The van der Waals surface area contributed by atoms with Crippen LogP contribution in [0.5, 0.6) is 0 Å². The van der Waals surface area contributed by atoms with Gasteiger partial charge in [0.05, 0.1) is 16.1 Å². The zero-order valence-electron chi connectivity index (χ0n) is 16.2. The van der Waals surface area contributed by atoms with Crippen LogP contribution in [-0.4, -0.2) is 29.8 Å². The van der Waals surface area contributed by atoms with E-state index >= 15 is 0 Å². The van der Waals surface area contributed by atoms with E-state index in [2.05, 4.69) is 10.4 Å². The van der Waals surface area contributed by atoms with Crippen molar-refractivity contribution in [2.24, 2.45) is 5.14 Å². The summed E-state index contributed by atoms with van der Waals surface area (Å²) in [6.45, 7) is 0. The molecule has 4 aromatic rings. The van der Waals surface area contributed by atoms with E-state index in [0.29, 0.717) is 22.2 Å². The molecule has 0 unspecified atom stereocenters. The molecule has 1 amide bonds. The largest absolute Gasteiger partial charge is 0.329 e. The number of aromatic amines is 1. The van der Waals surface area contributed by atoms with Crippen LogP contribution < -0.4 is 10.6 Å². The number of carbonyl (C=O) groups excluding carboxylic acids is 2. The third-order valence-corrected chi connectivity index (χ3v) is 6.37. The van der Waals surface area contributed by atoms with Crippen LogP contribution in [0.15, 0.2) is 71.6 Å². The van der Waals surface area contributed by atoms with Crippen molar-refractivity contribution >= 4 is 56.6 Å². The first-order valence-corrected chi connectivity index (χ1v) is 11.5. The van der Waals surface area contributed by atoms with Crippen molar-refractivity contribution in [3.05, 3.63) is 93.2 Å². The molecule has 1 aromatic heterocycles. The fourth-order valence-corrected chi connectivity index (χ4v) is 4.47. The minimum atomic E-state index is -4.11. The molecule has 0 saturated heterocycles. The molecule has 0 saturated carbocycles. The Morgan fingerprint density at radius 1 is 0.969 bits per heavy atom. The predicted molar refractivity (Wildman–Crippen MR) is 124 cm³/mol. The number of nitrogens with one attached hydrogen (secondary N) is 2. The fraction of sp³-hybridized carbons (Fsp3) is 0. The lowest BCUT2D eigenvalue weighted by atomic mass is 10.0. The number of imidazole rings is 1. The van der Waals surface area contributed by atoms with E-state index in [1.54, 1.807) is 42.5 Å². The Hall–Kier alpha value is -3.31. The summed E-state index contributed by atoms with van der Waals surface area (Å²) < 4.78 is 24.8. The van der Waals surface area contributed by atoms with Gasteiger partial charge in [-0.05, 0) is 48.6 Å². The van der Waals surface area contributed by atoms with Crippen LogP contribution in [0, 0.1) is 4.77 Å². The number of benzene rings is 3. The number of amides is 1. The third-order valence-electron chi connectivity index (χ3n) is 4.69. The average molecular weight is 487 g/mol. The quantitative estimate of drug-likeness (QED) is 0.293. The molecular weight excluding hydrogens is 472 g/mol. The highest BCUT2D eigenvalue weighted by molar-refractivity contribution is 7.89. The number of hydrogen-bond donors (Lipinski definition) is 3. The second-order valence-electron chi connectivity index (χ2n) is 6.82. The summed E-state index contributed by atoms with van der Waals surface area (Å²) in [5.41, 5.74) is 4.69. The summed E-state index contributed by atoms with van der Waals surface area (Å²) in [5, 5.41) is 5.05. The molecule has 0 atom stereocenters. The van der Waals surface area contributed by atoms with Crippen LogP contribution in [0.1, 0.15) is 26.3 Å². The molecule has 4 rings (SSSR count). The van der Waals surface area contributed by atoms with Crippen LogP contribution in [0.3, 0.4) is 0 Å². The number of nitrogens with zero attached hydrogens (tertiary/aromatic N) is 1. The van der Waals surface area contributed by atoms with Gasteiger partial charge in [-0.25, -0.2) is 18.2 Å². The lowest BCUT2D eigenvalue weighted by Crippen LogP contribution is -2.23. The second kappa shape index (κ2) is 8.32. The van der Waals surface area contributed by atoms with Crippen molar-refractivity contribution in [2.45, 2.75) is 4.90 Å². The van der Waals surface area contributed by atoms with Crippen molar-refractivity contribution in [1.29, 1.82) is 0 Å². The Labute approximate surface area is 192 Å². The molecular formula is C21H15ClN4O4S2. The standard InChI is InChI=1S/C21H15ClN4O4S2/c22-15-8-6-14(11-18(15)32(23,29)30)20(28)25-26-17-9-7-13(10-16(17)24-21(26)31)19(27)12-4-2-1-3-5-12/h1-11H,(H,24,31)(H,25,28)(H2,23,29,30). The van der Waals surface area contributed by atoms with Gasteiger partial charge in [-0.2, -0.15) is 0 Å². The summed E-state index contributed by atoms with van der Waals surface area (Å²) in [7, 11) is -4.11. The monoisotopic (exact) mass is 486 g/mol. The number of nitrogens with two attached hydrogens (primary N) is 1. The van der Waals surface area contributed by atoms with E-state index in [9.17, 15) is 18.0 Å². The topological polar surface area (TPSA) is 127 Å². The van der Waals surface area contributed by atoms with Gasteiger partial charge in [0, 0.05) is 16.7 Å². The SMILES string of the molecule is NS(=O)(=O)c1cc(C(=O)Nn2c(=S)[nH]c3cc(C(=O)c4ccccc4)ccc32)ccc1Cl. The lowest BCUT2D eigenvalue weighted by Gasteiger charge is -2.09. The first-order valence-electron chi connectivity index (χ1n) is 9.13. The maximum Gasteiger partial charge on any atom is 0.270 e. The Morgan fingerprint density at radius 2 is 1.66 bits per heavy atom. The maximum atomic E-state index is 12.7. The van der Waals surface area contributed by atoms with Crippen molar-refractivity contribution in [2.75, 3.05) is 5.43 Å². The smallest absolute Gasteiger partial charge is 0.270 e. The molecule has 162 valence electrons. The number of ketones is 1. The lowest BCUT2D eigenvalue weighted by molar-refractivity contribution is 0.101. The first-order chi connectivity index (χ1) is 15.1. The molecule has 8 nitrogen and oxygen atoms in total. The summed E-state index contributed by atoms with van der Waals surface area (Å²) in [5.74, 6) is -0.784. The van der Waals surface area contributed by atoms with Gasteiger partial charge in [-0.15, -0.1) is 0 Å². The number of sulfonamides is 1. The Kier molecular flexibility index (Phi) is 5.70. The normalized spacial score (nSPS) is 11.4. The van der Waals surface area contributed by atoms with Crippen LogP contribution in [0.4, 0.5) is 0 Å². The number of carbonyl (C=O) groups is 2. The molecule has 3 aromatic carbocycles. The van der Waals surface area contributed by atoms with Crippen molar-refractivity contribution in [3.63, 3.8) is 0 Å². The number of rotatable bonds is 5. The van der Waals surface area contributed by atoms with Crippen LogP contribution in [0.25, 0.3) is 11.0 Å². The van der Waals surface area contributed by atoms with Gasteiger partial charge in [-0.1, -0.05) is 41.9 Å². The van der Waals surface area contributed by atoms with E-state index in [1.807, 2.05) is 6.07 Å². The summed E-state index contributed by atoms with van der Waals surface area (Å²) in [4.78, 5) is 28.0. The van der Waals surface area contributed by atoms with Gasteiger partial charge in [0.25, 0.3) is 5.91 Å². The van der Waals surface area contributed by atoms with Gasteiger partial charge in [0.2, 0.25) is 10.0 Å². The van der Waals surface area contributed by atoms with Crippen molar-refractivity contribution < 1.29 is 18.0 Å². The number of hydrogen-bond acceptors (Lipinski definition) is 5. The molecule has 0 aliphatic carbocycles. The Morgan fingerprint density at radius 3 is 2.34 bits per heavy atom. The minimum Gasteiger partial charge on any atom is -0.329 e. The van der Waals surface area contributed by atoms with Gasteiger partial charge in [-0.3, -0.25) is 15.0 Å². The number of aromatic nitrogens is 2. The zero-order valence-corrected chi connectivity index (χ0v) is 18.6. The molecule has 0 aliphatic heterocycles. The number of halogens is 1. The molecule has 0 fully saturated rings. The highest BCUT2D eigenvalue weighted by atomic mass is 35.5. The van der Waals surface area contributed by atoms with Crippen LogP contribution in [-0.2, 0) is 10.0 Å². The van der Waals surface area contributed by atoms with Gasteiger partial charge in [0.15, 0.2) is 10.6 Å². The molecule has 0 bridgehead atoms. The molecule has 4 N–H and O–H groups in total. The summed E-state index contributed by atoms with van der Waals surface area (Å²) in [6, 6.07) is 17.5. The molecule has 0 aliphatic rings. The molecule has 32 heavy (non-hydrogen) atoms. The number of fused-ring (bicyclic) bond motifs is 1. The molecule has 0 spiro atoms. The summed E-state index contributed by atoms with van der Waals surface area (Å²) in [6.07, 6.45) is 0. The fourth-order valence-electron chi connectivity index (χ4n) is 3.15. The molecule has 1 heterocycles. The third kappa shape index (κ3) is 4.21. The second-order valence-corrected chi connectivity index (χ2v) is 9.15. The summed E-state index contributed by atoms with van der Waals surface area (Å²) >= 11 is 11.2. The Balaban J connectivity index is 1.67. The van der Waals surface area contributed by atoms with Gasteiger partial charge < -0.3 is 4.98 Å².